The van der Waals surface area contributed by atoms with Crippen molar-refractivity contribution in [1.29, 1.82) is 0 Å². The van der Waals surface area contributed by atoms with E-state index < -0.39 is 0 Å². The summed E-state index contributed by atoms with van der Waals surface area (Å²) in [5.74, 6) is 2.47. The van der Waals surface area contributed by atoms with Gasteiger partial charge in [0.05, 0.1) is 23.6 Å². The third-order valence-electron chi connectivity index (χ3n) is 6.24. The fourth-order valence-corrected chi connectivity index (χ4v) is 4.35. The average Bonchev–Trinajstić information content (AvgIpc) is 3.42. The molecule has 0 bridgehead atoms. The minimum Gasteiger partial charge on any atom is -0.493 e. The molecule has 0 spiro atoms. The molecule has 0 radical (unpaired) electrons. The van der Waals surface area contributed by atoms with Gasteiger partial charge in [0.2, 0.25) is 11.8 Å². The first-order chi connectivity index (χ1) is 17.5. The summed E-state index contributed by atoms with van der Waals surface area (Å²) in [6.45, 7) is 10.9. The molecule has 0 atom stereocenters. The summed E-state index contributed by atoms with van der Waals surface area (Å²) in [5, 5.41) is 5.81. The standard InChI is InChI=1S/C29H30N4O3/c1-6-21-12-14-22(15-13-21)33-28-27(19(4)32-33)18(3)16-26(31-28)35-17-24-20(5)36-29(30-24)23-10-8-9-11-25(23)34-7-2/h8-16H,6-7,17H2,1-5H3. The number of aryl methyl sites for hydroxylation is 4. The van der Waals surface area contributed by atoms with E-state index in [4.69, 9.17) is 29.0 Å². The van der Waals surface area contributed by atoms with Crippen LogP contribution in [-0.4, -0.2) is 26.4 Å². The van der Waals surface area contributed by atoms with Crippen molar-refractivity contribution in [2.45, 2.75) is 47.6 Å². The zero-order valence-corrected chi connectivity index (χ0v) is 21.3. The van der Waals surface area contributed by atoms with Crippen LogP contribution in [0.15, 0.2) is 59.0 Å². The summed E-state index contributed by atoms with van der Waals surface area (Å²) in [6, 6.07) is 18.1. The molecule has 3 aromatic heterocycles. The van der Waals surface area contributed by atoms with Crippen molar-refractivity contribution in [3.63, 3.8) is 0 Å². The summed E-state index contributed by atoms with van der Waals surface area (Å²) >= 11 is 0. The number of hydrogen-bond donors (Lipinski definition) is 0. The second kappa shape index (κ2) is 9.85. The normalized spacial score (nSPS) is 11.2. The third-order valence-corrected chi connectivity index (χ3v) is 6.24. The molecule has 5 rings (SSSR count). The van der Waals surface area contributed by atoms with E-state index in [1.807, 2.05) is 55.8 Å². The fourth-order valence-electron chi connectivity index (χ4n) is 4.35. The number of aromatic nitrogens is 4. The van der Waals surface area contributed by atoms with Crippen molar-refractivity contribution >= 4 is 11.0 Å². The molecule has 0 amide bonds. The largest absolute Gasteiger partial charge is 0.493 e. The van der Waals surface area contributed by atoms with E-state index in [1.54, 1.807) is 0 Å². The van der Waals surface area contributed by atoms with Crippen LogP contribution in [0.1, 0.15) is 42.1 Å². The monoisotopic (exact) mass is 482 g/mol. The van der Waals surface area contributed by atoms with Crippen molar-refractivity contribution in [2.75, 3.05) is 6.61 Å². The molecule has 2 aromatic carbocycles. The van der Waals surface area contributed by atoms with Crippen LogP contribution in [0.2, 0.25) is 0 Å². The number of para-hydroxylation sites is 1. The number of hydrogen-bond acceptors (Lipinski definition) is 6. The van der Waals surface area contributed by atoms with Gasteiger partial charge in [0.15, 0.2) is 5.65 Å². The molecule has 0 fully saturated rings. The van der Waals surface area contributed by atoms with Gasteiger partial charge < -0.3 is 13.9 Å². The smallest absolute Gasteiger partial charge is 0.230 e. The molecule has 184 valence electrons. The molecule has 0 saturated carbocycles. The molecule has 7 nitrogen and oxygen atoms in total. The van der Waals surface area contributed by atoms with Crippen molar-refractivity contribution < 1.29 is 13.9 Å². The van der Waals surface area contributed by atoms with Crippen molar-refractivity contribution in [2.24, 2.45) is 0 Å². The average molecular weight is 483 g/mol. The Morgan fingerprint density at radius 3 is 2.44 bits per heavy atom. The Balaban J connectivity index is 1.44. The molecule has 0 aliphatic heterocycles. The zero-order chi connectivity index (χ0) is 25.2. The molecule has 0 saturated heterocycles. The van der Waals surface area contributed by atoms with Gasteiger partial charge in [-0.3, -0.25) is 0 Å². The van der Waals surface area contributed by atoms with Crippen LogP contribution >= 0.6 is 0 Å². The van der Waals surface area contributed by atoms with Crippen molar-refractivity contribution in [3.05, 3.63) is 82.9 Å². The van der Waals surface area contributed by atoms with E-state index in [-0.39, 0.29) is 6.61 Å². The molecule has 0 N–H and O–H groups in total. The molecular formula is C29H30N4O3. The maximum absolute atomic E-state index is 6.12. The van der Waals surface area contributed by atoms with Crippen LogP contribution < -0.4 is 9.47 Å². The summed E-state index contributed by atoms with van der Waals surface area (Å²) < 4.78 is 19.7. The minimum atomic E-state index is 0.238. The summed E-state index contributed by atoms with van der Waals surface area (Å²) in [5.41, 5.74) is 6.56. The van der Waals surface area contributed by atoms with Crippen LogP contribution in [-0.2, 0) is 13.0 Å². The number of fused-ring (bicyclic) bond motifs is 1. The van der Waals surface area contributed by atoms with E-state index >= 15 is 0 Å². The number of oxazole rings is 1. The summed E-state index contributed by atoms with van der Waals surface area (Å²) in [4.78, 5) is 9.52. The predicted octanol–water partition coefficient (Wildman–Crippen LogP) is 6.54. The van der Waals surface area contributed by atoms with Crippen molar-refractivity contribution in [1.82, 2.24) is 19.7 Å². The first kappa shape index (κ1) is 23.6. The van der Waals surface area contributed by atoms with Crippen LogP contribution in [0.5, 0.6) is 11.6 Å². The lowest BCUT2D eigenvalue weighted by atomic mass is 10.1. The second-order valence-electron chi connectivity index (χ2n) is 8.73. The van der Waals surface area contributed by atoms with Gasteiger partial charge in [0.25, 0.3) is 0 Å². The Hall–Kier alpha value is -4.13. The lowest BCUT2D eigenvalue weighted by Crippen LogP contribution is -2.02. The molecule has 3 heterocycles. The molecule has 5 aromatic rings. The quantitative estimate of drug-likeness (QED) is 0.250. The maximum atomic E-state index is 6.12. The van der Waals surface area contributed by atoms with Crippen molar-refractivity contribution in [3.8, 4) is 28.8 Å². The van der Waals surface area contributed by atoms with E-state index in [2.05, 4.69) is 38.1 Å². The second-order valence-corrected chi connectivity index (χ2v) is 8.73. The maximum Gasteiger partial charge on any atom is 0.230 e. The highest BCUT2D eigenvalue weighted by Crippen LogP contribution is 2.31. The van der Waals surface area contributed by atoms with Crippen LogP contribution in [0.25, 0.3) is 28.2 Å². The lowest BCUT2D eigenvalue weighted by molar-refractivity contribution is 0.288. The number of rotatable bonds is 8. The Labute approximate surface area is 210 Å². The Morgan fingerprint density at radius 1 is 0.917 bits per heavy atom. The Bertz CT molecular complexity index is 1520. The highest BCUT2D eigenvalue weighted by molar-refractivity contribution is 5.84. The Kier molecular flexibility index (Phi) is 6.46. The molecular weight excluding hydrogens is 452 g/mol. The first-order valence-electron chi connectivity index (χ1n) is 12.3. The fraction of sp³-hybridized carbons (Fsp3) is 0.276. The van der Waals surface area contributed by atoms with Gasteiger partial charge in [0, 0.05) is 11.5 Å². The minimum absolute atomic E-state index is 0.238. The number of pyridine rings is 1. The number of ether oxygens (including phenoxy) is 2. The van der Waals surface area contributed by atoms with E-state index in [1.165, 1.54) is 5.56 Å². The molecule has 0 aliphatic rings. The van der Waals surface area contributed by atoms with E-state index in [0.29, 0.717) is 24.1 Å². The first-order valence-corrected chi connectivity index (χ1v) is 12.3. The van der Waals surface area contributed by atoms with Gasteiger partial charge >= 0.3 is 0 Å². The molecule has 7 heteroatoms. The highest BCUT2D eigenvalue weighted by atomic mass is 16.5. The van der Waals surface area contributed by atoms with Gasteiger partial charge in [0.1, 0.15) is 23.8 Å². The lowest BCUT2D eigenvalue weighted by Gasteiger charge is -2.08. The number of nitrogens with zero attached hydrogens (tertiary/aromatic N) is 4. The van der Waals surface area contributed by atoms with Gasteiger partial charge in [-0.2, -0.15) is 10.1 Å². The van der Waals surface area contributed by atoms with Crippen LogP contribution in [0, 0.1) is 20.8 Å². The Morgan fingerprint density at radius 2 is 1.69 bits per heavy atom. The summed E-state index contributed by atoms with van der Waals surface area (Å²) in [6.07, 6.45) is 0.995. The summed E-state index contributed by atoms with van der Waals surface area (Å²) in [7, 11) is 0. The highest BCUT2D eigenvalue weighted by Gasteiger charge is 2.18. The van der Waals surface area contributed by atoms with Crippen LogP contribution in [0.4, 0.5) is 0 Å². The topological polar surface area (TPSA) is 75.2 Å². The SMILES string of the molecule is CCOc1ccccc1-c1nc(COc2cc(C)c3c(C)nn(-c4ccc(CC)cc4)c3n2)c(C)o1. The van der Waals surface area contributed by atoms with E-state index in [9.17, 15) is 0 Å². The zero-order valence-electron chi connectivity index (χ0n) is 21.3. The molecule has 0 unspecified atom stereocenters. The van der Waals surface area contributed by atoms with E-state index in [0.717, 1.165) is 51.4 Å². The van der Waals surface area contributed by atoms with Gasteiger partial charge in [-0.05, 0) is 69.5 Å². The van der Waals surface area contributed by atoms with Gasteiger partial charge in [-0.1, -0.05) is 31.2 Å². The number of benzene rings is 2. The molecule has 0 aliphatic carbocycles. The van der Waals surface area contributed by atoms with Gasteiger partial charge in [-0.15, -0.1) is 0 Å². The predicted molar refractivity (Wildman–Crippen MR) is 140 cm³/mol. The third kappa shape index (κ3) is 4.44. The van der Waals surface area contributed by atoms with Gasteiger partial charge in [-0.25, -0.2) is 9.67 Å². The molecule has 36 heavy (non-hydrogen) atoms. The van der Waals surface area contributed by atoms with Crippen LogP contribution in [0.3, 0.4) is 0 Å².